The van der Waals surface area contributed by atoms with Crippen molar-refractivity contribution < 1.29 is 28.2 Å². The molecular weight excluding hydrogens is 443 g/mol. The average molecular weight is 459 g/mol. The number of anilines is 1. The summed E-state index contributed by atoms with van der Waals surface area (Å²) in [6.45, 7) is 0. The lowest BCUT2D eigenvalue weighted by Crippen LogP contribution is -2.31. The monoisotopic (exact) mass is 459 g/mol. The number of thiocarbonyl (C=S) groups is 1. The number of hydrazone groups is 1. The Labute approximate surface area is 186 Å². The van der Waals surface area contributed by atoms with Gasteiger partial charge in [-0.2, -0.15) is 18.3 Å². The summed E-state index contributed by atoms with van der Waals surface area (Å²) in [6, 6.07) is 14.8. The number of hydrogen-bond acceptors (Lipinski definition) is 4. The Morgan fingerprint density at radius 3 is 2.31 bits per heavy atom. The lowest BCUT2D eigenvalue weighted by atomic mass is 10.00. The van der Waals surface area contributed by atoms with Crippen molar-refractivity contribution in [1.82, 2.24) is 0 Å². The highest BCUT2D eigenvalue weighted by molar-refractivity contribution is 7.80. The van der Waals surface area contributed by atoms with Gasteiger partial charge in [0.25, 0.3) is 0 Å². The molecule has 0 saturated heterocycles. The fourth-order valence-electron chi connectivity index (χ4n) is 2.88. The number of carboxylic acids is 1. The number of halogens is 3. The number of para-hydroxylation sites is 1. The van der Waals surface area contributed by atoms with Crippen LogP contribution in [0.25, 0.3) is 11.1 Å². The molecular formula is C22H16F3N3O3S. The zero-order chi connectivity index (χ0) is 23.5. The number of aromatic hydroxyl groups is 1. The van der Waals surface area contributed by atoms with Crippen molar-refractivity contribution in [1.29, 1.82) is 0 Å². The predicted octanol–water partition coefficient (Wildman–Crippen LogP) is 4.86. The van der Waals surface area contributed by atoms with Crippen LogP contribution in [0.5, 0.6) is 5.75 Å². The van der Waals surface area contributed by atoms with Crippen LogP contribution in [0, 0.1) is 0 Å². The number of phenols is 1. The SMILES string of the molecule is NC(=S)N(N=Cc1cccc(-c2cccc(C(F)(F)F)c2)c1O)c1ccc(C(=O)O)cc1. The molecule has 164 valence electrons. The number of hydrogen-bond donors (Lipinski definition) is 3. The Kier molecular flexibility index (Phi) is 6.45. The molecule has 10 heteroatoms. The van der Waals surface area contributed by atoms with Gasteiger partial charge in [-0.15, -0.1) is 0 Å². The normalized spacial score (nSPS) is 11.5. The minimum Gasteiger partial charge on any atom is -0.507 e. The van der Waals surface area contributed by atoms with Crippen molar-refractivity contribution in [2.45, 2.75) is 6.18 Å². The standard InChI is InChI=1S/C22H16F3N3O3S/c23-22(24,25)16-5-1-3-14(11-16)18-6-2-4-15(19(18)29)12-27-28(21(26)32)17-9-7-13(8-10-17)20(30)31/h1-12,29H,(H2,26,32)(H,30,31). The number of alkyl halides is 3. The number of nitrogens with two attached hydrogens (primary N) is 1. The van der Waals surface area contributed by atoms with E-state index in [4.69, 9.17) is 23.1 Å². The fourth-order valence-corrected chi connectivity index (χ4v) is 3.03. The van der Waals surface area contributed by atoms with Crippen molar-refractivity contribution in [3.05, 3.63) is 83.4 Å². The molecule has 0 unspecified atom stereocenters. The first-order chi connectivity index (χ1) is 15.1. The summed E-state index contributed by atoms with van der Waals surface area (Å²) in [7, 11) is 0. The van der Waals surface area contributed by atoms with Gasteiger partial charge < -0.3 is 15.9 Å². The number of nitrogens with zero attached hydrogens (tertiary/aromatic N) is 2. The molecule has 0 aliphatic heterocycles. The summed E-state index contributed by atoms with van der Waals surface area (Å²) < 4.78 is 39.1. The second kappa shape index (κ2) is 9.06. The molecule has 0 fully saturated rings. The molecule has 0 saturated carbocycles. The van der Waals surface area contributed by atoms with E-state index in [1.54, 1.807) is 6.07 Å². The maximum atomic E-state index is 13.0. The van der Waals surface area contributed by atoms with E-state index >= 15 is 0 Å². The second-order valence-electron chi connectivity index (χ2n) is 6.57. The molecule has 32 heavy (non-hydrogen) atoms. The first kappa shape index (κ1) is 22.8. The Bertz CT molecular complexity index is 1200. The third-order valence-corrected chi connectivity index (χ3v) is 4.62. The van der Waals surface area contributed by atoms with Crippen molar-refractivity contribution in [3.63, 3.8) is 0 Å². The Hall–Kier alpha value is -3.92. The Balaban J connectivity index is 1.95. The molecule has 3 rings (SSSR count). The largest absolute Gasteiger partial charge is 0.507 e. The first-order valence-corrected chi connectivity index (χ1v) is 9.45. The summed E-state index contributed by atoms with van der Waals surface area (Å²) in [5, 5.41) is 24.8. The van der Waals surface area contributed by atoms with Gasteiger partial charge in [0.1, 0.15) is 5.75 Å². The Morgan fingerprint density at radius 2 is 1.72 bits per heavy atom. The van der Waals surface area contributed by atoms with Gasteiger partial charge in [0.05, 0.1) is 23.0 Å². The molecule has 6 nitrogen and oxygen atoms in total. The van der Waals surface area contributed by atoms with E-state index < -0.39 is 17.7 Å². The second-order valence-corrected chi connectivity index (χ2v) is 6.99. The highest BCUT2D eigenvalue weighted by Crippen LogP contribution is 2.36. The van der Waals surface area contributed by atoms with Crippen LogP contribution < -0.4 is 10.7 Å². The number of rotatable bonds is 5. The topological polar surface area (TPSA) is 99.1 Å². The molecule has 0 amide bonds. The zero-order valence-electron chi connectivity index (χ0n) is 16.2. The van der Waals surface area contributed by atoms with Crippen molar-refractivity contribution in [2.75, 3.05) is 5.01 Å². The number of carbonyl (C=O) groups is 1. The third-order valence-electron chi connectivity index (χ3n) is 4.45. The van der Waals surface area contributed by atoms with E-state index in [1.165, 1.54) is 54.7 Å². The van der Waals surface area contributed by atoms with Gasteiger partial charge in [0.15, 0.2) is 5.11 Å². The van der Waals surface area contributed by atoms with Gasteiger partial charge in [0, 0.05) is 11.1 Å². The smallest absolute Gasteiger partial charge is 0.416 e. The third kappa shape index (κ3) is 5.03. The van der Waals surface area contributed by atoms with Gasteiger partial charge in [-0.05, 0) is 60.2 Å². The molecule has 0 radical (unpaired) electrons. The van der Waals surface area contributed by atoms with E-state index in [0.717, 1.165) is 17.1 Å². The lowest BCUT2D eigenvalue weighted by Gasteiger charge is -2.17. The maximum absolute atomic E-state index is 13.0. The van der Waals surface area contributed by atoms with Gasteiger partial charge in [-0.25, -0.2) is 9.80 Å². The number of aromatic carboxylic acids is 1. The van der Waals surface area contributed by atoms with Crippen LogP contribution in [0.1, 0.15) is 21.5 Å². The van der Waals surface area contributed by atoms with Crippen LogP contribution in [0.4, 0.5) is 18.9 Å². The van der Waals surface area contributed by atoms with Crippen LogP contribution >= 0.6 is 12.2 Å². The number of benzene rings is 3. The highest BCUT2D eigenvalue weighted by Gasteiger charge is 2.30. The average Bonchev–Trinajstić information content (AvgIpc) is 2.74. The lowest BCUT2D eigenvalue weighted by molar-refractivity contribution is -0.137. The molecule has 3 aromatic carbocycles. The molecule has 3 aromatic rings. The number of phenolic OH excluding ortho intramolecular Hbond substituents is 1. The van der Waals surface area contributed by atoms with E-state index in [9.17, 15) is 23.1 Å². The first-order valence-electron chi connectivity index (χ1n) is 9.04. The molecule has 0 aliphatic carbocycles. The van der Waals surface area contributed by atoms with Gasteiger partial charge in [-0.3, -0.25) is 0 Å². The summed E-state index contributed by atoms with van der Waals surface area (Å²) in [4.78, 5) is 11.0. The fraction of sp³-hybridized carbons (Fsp3) is 0.0455. The number of carboxylic acid groups (broad SMARTS) is 1. The van der Waals surface area contributed by atoms with Gasteiger partial charge >= 0.3 is 12.1 Å². The predicted molar refractivity (Wildman–Crippen MR) is 119 cm³/mol. The summed E-state index contributed by atoms with van der Waals surface area (Å²) in [5.74, 6) is -1.38. The van der Waals surface area contributed by atoms with E-state index in [-0.39, 0.29) is 33.1 Å². The van der Waals surface area contributed by atoms with Crippen molar-refractivity contribution in [3.8, 4) is 16.9 Å². The van der Waals surface area contributed by atoms with Crippen molar-refractivity contribution in [2.24, 2.45) is 10.8 Å². The zero-order valence-corrected chi connectivity index (χ0v) is 17.1. The van der Waals surface area contributed by atoms with Gasteiger partial charge in [-0.1, -0.05) is 24.3 Å². The molecule has 0 spiro atoms. The highest BCUT2D eigenvalue weighted by atomic mass is 32.1. The molecule has 4 N–H and O–H groups in total. The van der Waals surface area contributed by atoms with Crippen LogP contribution in [0.15, 0.2) is 71.8 Å². The van der Waals surface area contributed by atoms with E-state index in [2.05, 4.69) is 5.10 Å². The molecule has 0 aromatic heterocycles. The quantitative estimate of drug-likeness (QED) is 0.286. The van der Waals surface area contributed by atoms with Crippen LogP contribution in [-0.4, -0.2) is 27.5 Å². The summed E-state index contributed by atoms with van der Waals surface area (Å²) >= 11 is 4.99. The van der Waals surface area contributed by atoms with Gasteiger partial charge in [0.2, 0.25) is 0 Å². The Morgan fingerprint density at radius 1 is 1.06 bits per heavy atom. The summed E-state index contributed by atoms with van der Waals surface area (Å²) in [5.41, 5.74) is 5.90. The maximum Gasteiger partial charge on any atom is 0.416 e. The van der Waals surface area contributed by atoms with Crippen LogP contribution in [0.2, 0.25) is 0 Å². The molecule has 0 bridgehead atoms. The molecule has 0 aliphatic rings. The summed E-state index contributed by atoms with van der Waals surface area (Å²) in [6.07, 6.45) is -3.27. The molecule has 0 heterocycles. The van der Waals surface area contributed by atoms with Crippen LogP contribution in [-0.2, 0) is 6.18 Å². The van der Waals surface area contributed by atoms with E-state index in [1.807, 2.05) is 0 Å². The molecule has 0 atom stereocenters. The van der Waals surface area contributed by atoms with Crippen molar-refractivity contribution >= 4 is 35.2 Å². The minimum absolute atomic E-state index is 0.0621. The minimum atomic E-state index is -4.52. The van der Waals surface area contributed by atoms with E-state index in [0.29, 0.717) is 5.69 Å². The van der Waals surface area contributed by atoms with Crippen LogP contribution in [0.3, 0.4) is 0 Å².